The first-order valence-electron chi connectivity index (χ1n) is 9.27. The largest absolute Gasteiger partial charge is 0.493 e. The van der Waals surface area contributed by atoms with Crippen LogP contribution in [0.15, 0.2) is 16.5 Å². The van der Waals surface area contributed by atoms with E-state index in [0.29, 0.717) is 34.6 Å². The summed E-state index contributed by atoms with van der Waals surface area (Å²) in [6.07, 6.45) is 6.34. The number of aromatic nitrogens is 2. The summed E-state index contributed by atoms with van der Waals surface area (Å²) in [5.74, 6) is 2.06. The first-order valence-corrected chi connectivity index (χ1v) is 9.67. The Morgan fingerprint density at radius 3 is 2.11 bits per heavy atom. The molecule has 1 saturated heterocycles. The summed E-state index contributed by atoms with van der Waals surface area (Å²) in [5, 5.41) is 4.59. The third-order valence-corrected chi connectivity index (χ3v) is 5.09. The number of hydrogen-bond acceptors (Lipinski definition) is 7. The van der Waals surface area contributed by atoms with Crippen LogP contribution in [0.1, 0.15) is 32.1 Å². The maximum Gasteiger partial charge on any atom is 0.288 e. The van der Waals surface area contributed by atoms with E-state index < -0.39 is 0 Å². The minimum Gasteiger partial charge on any atom is -0.493 e. The number of benzene rings is 1. The molecule has 148 valence electrons. The molecule has 0 spiro atoms. The number of hydrogen-bond donors (Lipinski definition) is 0. The van der Waals surface area contributed by atoms with Crippen LogP contribution in [0.2, 0.25) is 0 Å². The van der Waals surface area contributed by atoms with Gasteiger partial charge in [-0.3, -0.25) is 4.90 Å². The molecule has 2 heterocycles. The molecule has 1 aliphatic heterocycles. The lowest BCUT2D eigenvalue weighted by atomic mass is 10.1. The van der Waals surface area contributed by atoms with Gasteiger partial charge in [-0.1, -0.05) is 19.3 Å². The monoisotopic (exact) mass is 393 g/mol. The van der Waals surface area contributed by atoms with Crippen LogP contribution in [0, 0.1) is 4.84 Å². The van der Waals surface area contributed by atoms with Gasteiger partial charge in [-0.15, -0.1) is 5.10 Å². The third kappa shape index (κ3) is 4.62. The molecular weight excluding hydrogens is 366 g/mol. The second-order valence-electron chi connectivity index (χ2n) is 6.61. The van der Waals surface area contributed by atoms with Crippen molar-refractivity contribution in [1.82, 2.24) is 14.7 Å². The van der Waals surface area contributed by atoms with Gasteiger partial charge in [-0.25, -0.2) is 4.68 Å². The van der Waals surface area contributed by atoms with Crippen LogP contribution in [-0.4, -0.2) is 49.1 Å². The van der Waals surface area contributed by atoms with Crippen molar-refractivity contribution in [3.63, 3.8) is 0 Å². The van der Waals surface area contributed by atoms with E-state index in [9.17, 15) is 0 Å². The molecule has 0 bridgehead atoms. The summed E-state index contributed by atoms with van der Waals surface area (Å²) in [6, 6.07) is 3.62. The minimum absolute atomic E-state index is 0.362. The van der Waals surface area contributed by atoms with Crippen molar-refractivity contribution in [2.75, 3.05) is 34.4 Å². The molecular formula is C19H27N3O4S. The predicted octanol–water partition coefficient (Wildman–Crippen LogP) is 4.12. The zero-order valence-electron chi connectivity index (χ0n) is 16.2. The van der Waals surface area contributed by atoms with E-state index in [1.54, 1.807) is 26.0 Å². The van der Waals surface area contributed by atoms with Gasteiger partial charge in [0.25, 0.3) is 4.84 Å². The van der Waals surface area contributed by atoms with Gasteiger partial charge < -0.3 is 18.6 Å². The van der Waals surface area contributed by atoms with Crippen molar-refractivity contribution in [2.45, 2.75) is 38.8 Å². The Balaban J connectivity index is 1.86. The molecule has 8 heteroatoms. The molecule has 0 amide bonds. The summed E-state index contributed by atoms with van der Waals surface area (Å²) in [7, 11) is 4.73. The van der Waals surface area contributed by atoms with E-state index in [1.165, 1.54) is 32.1 Å². The second-order valence-corrected chi connectivity index (χ2v) is 6.96. The first-order chi connectivity index (χ1) is 13.2. The Bertz CT molecular complexity index is 785. The van der Waals surface area contributed by atoms with Crippen LogP contribution in [0.25, 0.3) is 11.5 Å². The van der Waals surface area contributed by atoms with E-state index in [2.05, 4.69) is 10.00 Å². The molecule has 1 fully saturated rings. The van der Waals surface area contributed by atoms with Gasteiger partial charge >= 0.3 is 0 Å². The fourth-order valence-corrected chi connectivity index (χ4v) is 3.54. The van der Waals surface area contributed by atoms with Crippen molar-refractivity contribution in [2.24, 2.45) is 0 Å². The highest BCUT2D eigenvalue weighted by Gasteiger charge is 2.18. The zero-order valence-corrected chi connectivity index (χ0v) is 17.0. The fraction of sp³-hybridized carbons (Fsp3) is 0.579. The molecule has 0 unspecified atom stereocenters. The van der Waals surface area contributed by atoms with E-state index >= 15 is 0 Å². The lowest BCUT2D eigenvalue weighted by molar-refractivity contribution is 0.186. The number of likely N-dealkylation sites (tertiary alicyclic amines) is 1. The molecule has 0 aliphatic carbocycles. The summed E-state index contributed by atoms with van der Waals surface area (Å²) >= 11 is 5.39. The molecule has 1 aliphatic rings. The molecule has 1 aromatic carbocycles. The fourth-order valence-electron chi connectivity index (χ4n) is 3.36. The van der Waals surface area contributed by atoms with Crippen molar-refractivity contribution in [1.29, 1.82) is 0 Å². The minimum atomic E-state index is 0.362. The highest BCUT2D eigenvalue weighted by atomic mass is 32.1. The Hall–Kier alpha value is -2.06. The normalized spacial score (nSPS) is 15.8. The van der Waals surface area contributed by atoms with Gasteiger partial charge in [0, 0.05) is 5.56 Å². The van der Waals surface area contributed by atoms with Crippen molar-refractivity contribution < 1.29 is 18.6 Å². The van der Waals surface area contributed by atoms with Gasteiger partial charge in [-0.2, -0.15) is 0 Å². The Morgan fingerprint density at radius 1 is 0.963 bits per heavy atom. The SMILES string of the molecule is COc1cc(-c2nn(CN3CCCCCCC3)c(=S)o2)cc(OC)c1OC. The topological polar surface area (TPSA) is 61.9 Å². The number of rotatable bonds is 6. The summed E-state index contributed by atoms with van der Waals surface area (Å²) < 4.78 is 23.7. The summed E-state index contributed by atoms with van der Waals surface area (Å²) in [4.78, 5) is 2.75. The van der Waals surface area contributed by atoms with Crippen LogP contribution in [-0.2, 0) is 6.67 Å². The molecule has 0 radical (unpaired) electrons. The van der Waals surface area contributed by atoms with Crippen LogP contribution < -0.4 is 14.2 Å². The molecule has 2 aromatic rings. The molecule has 7 nitrogen and oxygen atoms in total. The molecule has 3 rings (SSSR count). The highest BCUT2D eigenvalue weighted by molar-refractivity contribution is 7.71. The Kier molecular flexibility index (Phi) is 6.73. The van der Waals surface area contributed by atoms with Crippen molar-refractivity contribution in [3.8, 4) is 28.7 Å². The molecule has 0 atom stereocenters. The molecule has 27 heavy (non-hydrogen) atoms. The smallest absolute Gasteiger partial charge is 0.288 e. The van der Waals surface area contributed by atoms with Gasteiger partial charge in [0.2, 0.25) is 11.6 Å². The maximum atomic E-state index is 5.76. The van der Waals surface area contributed by atoms with Gasteiger partial charge in [0.15, 0.2) is 11.5 Å². The van der Waals surface area contributed by atoms with E-state index in [-0.39, 0.29) is 0 Å². The summed E-state index contributed by atoms with van der Waals surface area (Å²) in [6.45, 7) is 2.77. The lowest BCUT2D eigenvalue weighted by Crippen LogP contribution is -2.30. The summed E-state index contributed by atoms with van der Waals surface area (Å²) in [5.41, 5.74) is 0.724. The van der Waals surface area contributed by atoms with Crippen molar-refractivity contribution >= 4 is 12.2 Å². The second kappa shape index (κ2) is 9.23. The number of ether oxygens (including phenoxy) is 3. The van der Waals surface area contributed by atoms with Crippen LogP contribution >= 0.6 is 12.2 Å². The van der Waals surface area contributed by atoms with Gasteiger partial charge in [-0.05, 0) is 50.3 Å². The van der Waals surface area contributed by atoms with E-state index in [4.69, 9.17) is 30.8 Å². The van der Waals surface area contributed by atoms with Crippen LogP contribution in [0.5, 0.6) is 17.2 Å². The number of methoxy groups -OCH3 is 3. The quantitative estimate of drug-likeness (QED) is 0.684. The van der Waals surface area contributed by atoms with Gasteiger partial charge in [0.05, 0.1) is 28.0 Å². The Labute approximate surface area is 164 Å². The highest BCUT2D eigenvalue weighted by Crippen LogP contribution is 2.40. The maximum absolute atomic E-state index is 5.76. The average molecular weight is 394 g/mol. The Morgan fingerprint density at radius 2 is 1.56 bits per heavy atom. The lowest BCUT2D eigenvalue weighted by Gasteiger charge is -2.23. The zero-order chi connectivity index (χ0) is 19.2. The number of nitrogens with zero attached hydrogens (tertiary/aromatic N) is 3. The van der Waals surface area contributed by atoms with E-state index in [0.717, 1.165) is 18.7 Å². The average Bonchev–Trinajstić information content (AvgIpc) is 3.03. The molecule has 1 aromatic heterocycles. The molecule has 0 saturated carbocycles. The van der Waals surface area contributed by atoms with Crippen LogP contribution in [0.4, 0.5) is 0 Å². The predicted molar refractivity (Wildman–Crippen MR) is 105 cm³/mol. The standard InChI is InChI=1S/C19H27N3O4S/c1-23-15-11-14(12-16(24-2)17(15)25-3)18-20-22(19(27)26-18)13-21-9-7-5-4-6-8-10-21/h11-12H,4-10,13H2,1-3H3. The third-order valence-electron chi connectivity index (χ3n) is 4.80. The van der Waals surface area contributed by atoms with Crippen LogP contribution in [0.3, 0.4) is 0 Å². The van der Waals surface area contributed by atoms with Gasteiger partial charge in [0.1, 0.15) is 0 Å². The van der Waals surface area contributed by atoms with E-state index in [1.807, 2.05) is 12.1 Å². The van der Waals surface area contributed by atoms with Crippen molar-refractivity contribution in [3.05, 3.63) is 17.0 Å². The first kappa shape index (κ1) is 19.7. The molecule has 0 N–H and O–H groups in total.